The second kappa shape index (κ2) is 8.12. The van der Waals surface area contributed by atoms with Gasteiger partial charge in [-0.3, -0.25) is 10.4 Å². The van der Waals surface area contributed by atoms with Crippen molar-refractivity contribution in [1.29, 1.82) is 5.41 Å². The lowest BCUT2D eigenvalue weighted by Crippen LogP contribution is -2.37. The average molecular weight is 236 g/mol. The minimum Gasteiger partial charge on any atom is -0.370 e. The molecule has 0 spiro atoms. The molecule has 0 bridgehead atoms. The summed E-state index contributed by atoms with van der Waals surface area (Å²) in [5, 5.41) is 8.59. The predicted molar refractivity (Wildman–Crippen MR) is 71.1 cm³/mol. The lowest BCUT2D eigenvalue weighted by molar-refractivity contribution is 0.426. The highest BCUT2D eigenvalue weighted by molar-refractivity contribution is 5.91. The maximum atomic E-state index is 7.43. The lowest BCUT2D eigenvalue weighted by atomic mass is 10.2. The van der Waals surface area contributed by atoms with Gasteiger partial charge in [-0.05, 0) is 5.56 Å². The largest absolute Gasteiger partial charge is 0.370 e. The molecule has 0 saturated carbocycles. The molecule has 0 saturated heterocycles. The van der Waals surface area contributed by atoms with Crippen LogP contribution in [0.1, 0.15) is 19.4 Å². The summed E-state index contributed by atoms with van der Waals surface area (Å²) in [5.41, 5.74) is 11.2. The number of nitrogens with two attached hydrogens (primary N) is 3. The zero-order chi connectivity index (χ0) is 13.3. The highest BCUT2D eigenvalue weighted by atomic mass is 15.5. The van der Waals surface area contributed by atoms with E-state index >= 15 is 0 Å². The Morgan fingerprint density at radius 3 is 2.24 bits per heavy atom. The van der Waals surface area contributed by atoms with E-state index in [9.17, 15) is 0 Å². The highest BCUT2D eigenvalue weighted by Gasteiger charge is 2.04. The first-order chi connectivity index (χ1) is 8.09. The van der Waals surface area contributed by atoms with E-state index < -0.39 is 0 Å². The second-order valence-corrected chi connectivity index (χ2v) is 2.97. The van der Waals surface area contributed by atoms with Gasteiger partial charge in [0.25, 0.3) is 0 Å². The number of hydrogen-bond acceptors (Lipinski definition) is 2. The molecule has 0 amide bonds. The summed E-state index contributed by atoms with van der Waals surface area (Å²) in [6, 6.07) is 9.51. The van der Waals surface area contributed by atoms with Gasteiger partial charge in [-0.25, -0.2) is 5.84 Å². The Kier molecular flexibility index (Phi) is 7.12. The normalized spacial score (nSPS) is 8.65. The van der Waals surface area contributed by atoms with Crippen LogP contribution < -0.4 is 17.3 Å². The molecule has 0 unspecified atom stereocenters. The van der Waals surface area contributed by atoms with Gasteiger partial charge in [0.05, 0.1) is 6.54 Å². The minimum atomic E-state index is -0.177. The van der Waals surface area contributed by atoms with Crippen molar-refractivity contribution in [3.05, 3.63) is 35.9 Å². The van der Waals surface area contributed by atoms with Crippen molar-refractivity contribution >= 4 is 11.9 Å². The third-order valence-electron chi connectivity index (χ3n) is 1.70. The summed E-state index contributed by atoms with van der Waals surface area (Å²) in [5.74, 6) is 5.24. The first-order valence-electron chi connectivity index (χ1n) is 5.34. The van der Waals surface area contributed by atoms with Gasteiger partial charge in [-0.15, -0.1) is 0 Å². The number of guanidine groups is 2. The Balaban J connectivity index is 0.00000121. The van der Waals surface area contributed by atoms with Crippen LogP contribution in [0.5, 0.6) is 0 Å². The Labute approximate surface area is 102 Å². The molecule has 1 aromatic rings. The molecule has 0 aliphatic carbocycles. The van der Waals surface area contributed by atoms with Crippen molar-refractivity contribution in [2.45, 2.75) is 20.4 Å². The summed E-state index contributed by atoms with van der Waals surface area (Å²) in [6.45, 7) is 4.39. The van der Waals surface area contributed by atoms with E-state index in [1.165, 1.54) is 0 Å². The van der Waals surface area contributed by atoms with Gasteiger partial charge in [0, 0.05) is 0 Å². The number of benzene rings is 1. The molecule has 0 aliphatic rings. The summed E-state index contributed by atoms with van der Waals surface area (Å²) in [6.07, 6.45) is 0. The van der Waals surface area contributed by atoms with Crippen LogP contribution >= 0.6 is 0 Å². The van der Waals surface area contributed by atoms with Crippen LogP contribution in [0, 0.1) is 5.41 Å². The SMILES string of the molecule is CC.N=C(N=C(N)N)N(N)Cc1ccccc1. The minimum absolute atomic E-state index is 0.168. The van der Waals surface area contributed by atoms with E-state index in [0.717, 1.165) is 10.6 Å². The van der Waals surface area contributed by atoms with Crippen LogP contribution in [0.25, 0.3) is 0 Å². The number of nitrogens with zero attached hydrogens (tertiary/aromatic N) is 2. The molecule has 0 fully saturated rings. The fourth-order valence-corrected chi connectivity index (χ4v) is 1.04. The first-order valence-corrected chi connectivity index (χ1v) is 5.34. The standard InChI is InChI=1S/C9H14N6.C2H6/c10-8(11)14-9(12)15(13)6-7-4-2-1-3-5-7;1-2/h1-5H,6,13H2,(H5,10,11,12,14);1-2H3. The van der Waals surface area contributed by atoms with Crippen molar-refractivity contribution in [1.82, 2.24) is 5.01 Å². The zero-order valence-corrected chi connectivity index (χ0v) is 10.2. The van der Waals surface area contributed by atoms with Gasteiger partial charge >= 0.3 is 0 Å². The van der Waals surface area contributed by atoms with Crippen molar-refractivity contribution in [2.75, 3.05) is 0 Å². The quantitative estimate of drug-likeness (QED) is 0.260. The van der Waals surface area contributed by atoms with E-state index in [0.29, 0.717) is 6.54 Å². The molecule has 0 radical (unpaired) electrons. The van der Waals surface area contributed by atoms with Crippen molar-refractivity contribution in [2.24, 2.45) is 22.3 Å². The third kappa shape index (κ3) is 6.16. The number of nitrogens with one attached hydrogen (secondary N) is 1. The Morgan fingerprint density at radius 2 is 1.76 bits per heavy atom. The van der Waals surface area contributed by atoms with E-state index in [-0.39, 0.29) is 11.9 Å². The summed E-state index contributed by atoms with van der Waals surface area (Å²) >= 11 is 0. The molecule has 17 heavy (non-hydrogen) atoms. The van der Waals surface area contributed by atoms with Crippen LogP contribution in [0.3, 0.4) is 0 Å². The molecule has 7 N–H and O–H groups in total. The predicted octanol–water partition coefficient (Wildman–Crippen LogP) is 0.597. The highest BCUT2D eigenvalue weighted by Crippen LogP contribution is 2.01. The van der Waals surface area contributed by atoms with E-state index in [2.05, 4.69) is 4.99 Å². The van der Waals surface area contributed by atoms with Gasteiger partial charge in [0.15, 0.2) is 5.96 Å². The molecule has 1 rings (SSSR count). The van der Waals surface area contributed by atoms with E-state index in [1.807, 2.05) is 44.2 Å². The van der Waals surface area contributed by atoms with Crippen LogP contribution in [-0.4, -0.2) is 16.9 Å². The monoisotopic (exact) mass is 236 g/mol. The topological polar surface area (TPSA) is 118 Å². The molecule has 94 valence electrons. The van der Waals surface area contributed by atoms with Gasteiger partial charge in [0.2, 0.25) is 5.96 Å². The maximum absolute atomic E-state index is 7.43. The summed E-state index contributed by atoms with van der Waals surface area (Å²) in [7, 11) is 0. The molecule has 6 nitrogen and oxygen atoms in total. The number of hydrazine groups is 1. The van der Waals surface area contributed by atoms with Gasteiger partial charge in [0.1, 0.15) is 0 Å². The smallest absolute Gasteiger partial charge is 0.235 e. The first kappa shape index (κ1) is 14.9. The third-order valence-corrected chi connectivity index (χ3v) is 1.70. The van der Waals surface area contributed by atoms with Crippen molar-refractivity contribution in [3.63, 3.8) is 0 Å². The van der Waals surface area contributed by atoms with Crippen LogP contribution in [0.4, 0.5) is 0 Å². The molecule has 0 heterocycles. The fourth-order valence-electron chi connectivity index (χ4n) is 1.04. The molecule has 0 aliphatic heterocycles. The molecule has 0 aromatic heterocycles. The van der Waals surface area contributed by atoms with Crippen LogP contribution in [0.2, 0.25) is 0 Å². The van der Waals surface area contributed by atoms with Crippen LogP contribution in [-0.2, 0) is 6.54 Å². The zero-order valence-electron chi connectivity index (χ0n) is 10.2. The Bertz CT molecular complexity index is 355. The van der Waals surface area contributed by atoms with E-state index in [1.54, 1.807) is 0 Å². The summed E-state index contributed by atoms with van der Waals surface area (Å²) in [4.78, 5) is 3.53. The number of aliphatic imine (C=N–C) groups is 1. The van der Waals surface area contributed by atoms with Crippen molar-refractivity contribution < 1.29 is 0 Å². The second-order valence-electron chi connectivity index (χ2n) is 2.97. The average Bonchev–Trinajstić information content (AvgIpc) is 2.32. The fraction of sp³-hybridized carbons (Fsp3) is 0.273. The van der Waals surface area contributed by atoms with Gasteiger partial charge < -0.3 is 11.5 Å². The van der Waals surface area contributed by atoms with Crippen LogP contribution in [0.15, 0.2) is 35.3 Å². The molecule has 0 atom stereocenters. The Hall–Kier alpha value is -2.08. The van der Waals surface area contributed by atoms with E-state index in [4.69, 9.17) is 22.7 Å². The van der Waals surface area contributed by atoms with Gasteiger partial charge in [-0.1, -0.05) is 44.2 Å². The van der Waals surface area contributed by atoms with Crippen molar-refractivity contribution in [3.8, 4) is 0 Å². The number of rotatable bonds is 2. The maximum Gasteiger partial charge on any atom is 0.235 e. The van der Waals surface area contributed by atoms with Gasteiger partial charge in [-0.2, -0.15) is 4.99 Å². The molecule has 6 heteroatoms. The number of hydrogen-bond donors (Lipinski definition) is 4. The molecular formula is C11H20N6. The summed E-state index contributed by atoms with van der Waals surface area (Å²) < 4.78 is 0. The molecular weight excluding hydrogens is 216 g/mol. The lowest BCUT2D eigenvalue weighted by Gasteiger charge is -2.15. The molecule has 1 aromatic carbocycles. The Morgan fingerprint density at radius 1 is 1.24 bits per heavy atom.